The van der Waals surface area contributed by atoms with E-state index in [1.54, 1.807) is 0 Å². The maximum atomic E-state index is 6.85. The largest absolute Gasteiger partial charge is 0.458 e. The average Bonchev–Trinajstić information content (AvgIpc) is 3.86. The number of anilines is 2. The summed E-state index contributed by atoms with van der Waals surface area (Å²) in [5.74, 6) is 1.18. The zero-order chi connectivity index (χ0) is 29.9. The van der Waals surface area contributed by atoms with E-state index in [4.69, 9.17) is 8.83 Å². The van der Waals surface area contributed by atoms with Crippen LogP contribution in [0, 0.1) is 0 Å². The molecule has 0 N–H and O–H groups in total. The smallest absolute Gasteiger partial charge is 0.159 e. The van der Waals surface area contributed by atoms with Crippen molar-refractivity contribution < 1.29 is 8.83 Å². The predicted molar refractivity (Wildman–Crippen MR) is 191 cm³/mol. The summed E-state index contributed by atoms with van der Waals surface area (Å²) in [4.78, 5) is 2.46. The van der Waals surface area contributed by atoms with Gasteiger partial charge in [0.2, 0.25) is 0 Å². The number of hydrogen-bond acceptors (Lipinski definition) is 4. The monoisotopic (exact) mass is 607 g/mol. The van der Waals surface area contributed by atoms with Crippen LogP contribution in [0.4, 0.5) is 11.4 Å². The van der Waals surface area contributed by atoms with Gasteiger partial charge in [-0.3, -0.25) is 0 Å². The molecule has 0 bridgehead atoms. The SMILES string of the molecule is C1=CC2c3ccccc3N(c3cccc4c3oc3cccc(-c5ccc6c(c5)sc5ccccc56)c34)C2c2oc3ccccc3c21. The third-order valence-electron chi connectivity index (χ3n) is 10.0. The first-order chi connectivity index (χ1) is 22.8. The highest BCUT2D eigenvalue weighted by molar-refractivity contribution is 7.25. The van der Waals surface area contributed by atoms with Gasteiger partial charge in [-0.15, -0.1) is 11.3 Å². The first-order valence-electron chi connectivity index (χ1n) is 15.8. The van der Waals surface area contributed by atoms with Crippen molar-refractivity contribution >= 4 is 81.9 Å². The second-order valence-electron chi connectivity index (χ2n) is 12.4. The molecule has 2 aliphatic rings. The molecule has 9 aromatic rings. The molecule has 3 nitrogen and oxygen atoms in total. The van der Waals surface area contributed by atoms with Crippen LogP contribution in [-0.4, -0.2) is 0 Å². The van der Waals surface area contributed by atoms with Gasteiger partial charge in [0.05, 0.1) is 5.69 Å². The maximum absolute atomic E-state index is 6.85. The van der Waals surface area contributed by atoms with E-state index in [-0.39, 0.29) is 12.0 Å². The third-order valence-corrected chi connectivity index (χ3v) is 11.2. The molecular formula is C42H25NO2S. The number of para-hydroxylation sites is 3. The molecule has 46 heavy (non-hydrogen) atoms. The van der Waals surface area contributed by atoms with Crippen LogP contribution in [0.3, 0.4) is 0 Å². The van der Waals surface area contributed by atoms with Crippen LogP contribution in [0.2, 0.25) is 0 Å². The van der Waals surface area contributed by atoms with Gasteiger partial charge in [0.25, 0.3) is 0 Å². The molecular weight excluding hydrogens is 583 g/mol. The molecule has 4 heteroatoms. The standard InChI is InChI=1S/C42H25NO2S/c1-4-14-33-26(9-1)30-21-22-31-27-10-2-5-16-35(27)44-42(31)40(30)43(33)34-15-7-13-32-39-25(12-8-17-36(39)45-41(32)34)24-19-20-29-28-11-3-6-18-37(28)46-38(29)23-24/h1-23,30,40H. The summed E-state index contributed by atoms with van der Waals surface area (Å²) in [5.41, 5.74) is 9.84. The molecule has 0 saturated carbocycles. The van der Waals surface area contributed by atoms with Crippen LogP contribution >= 0.6 is 11.3 Å². The Morgan fingerprint density at radius 2 is 1.35 bits per heavy atom. The first kappa shape index (κ1) is 24.7. The van der Waals surface area contributed by atoms with E-state index < -0.39 is 0 Å². The van der Waals surface area contributed by atoms with Crippen LogP contribution in [0.15, 0.2) is 142 Å². The molecule has 0 saturated heterocycles. The van der Waals surface area contributed by atoms with E-state index in [2.05, 4.69) is 138 Å². The molecule has 0 fully saturated rings. The number of rotatable bonds is 2. The lowest BCUT2D eigenvalue weighted by Gasteiger charge is -2.30. The Kier molecular flexibility index (Phi) is 4.83. The summed E-state index contributed by atoms with van der Waals surface area (Å²) in [6.45, 7) is 0. The molecule has 1 aliphatic heterocycles. The number of thiophene rings is 1. The lowest BCUT2D eigenvalue weighted by molar-refractivity contribution is 0.478. The van der Waals surface area contributed by atoms with Crippen LogP contribution in [0.25, 0.3) is 70.3 Å². The highest BCUT2D eigenvalue weighted by atomic mass is 32.1. The van der Waals surface area contributed by atoms with Crippen molar-refractivity contribution in [2.45, 2.75) is 12.0 Å². The van der Waals surface area contributed by atoms with Gasteiger partial charge in [-0.25, -0.2) is 0 Å². The molecule has 2 atom stereocenters. The summed E-state index contributed by atoms with van der Waals surface area (Å²) in [7, 11) is 0. The highest BCUT2D eigenvalue weighted by Crippen LogP contribution is 2.58. The Balaban J connectivity index is 1.14. The van der Waals surface area contributed by atoms with Crippen molar-refractivity contribution in [3.63, 3.8) is 0 Å². The fourth-order valence-electron chi connectivity index (χ4n) is 8.07. The van der Waals surface area contributed by atoms with E-state index in [0.29, 0.717) is 0 Å². The van der Waals surface area contributed by atoms with Gasteiger partial charge in [0, 0.05) is 53.5 Å². The van der Waals surface area contributed by atoms with Crippen molar-refractivity contribution in [2.24, 2.45) is 0 Å². The lowest BCUT2D eigenvalue weighted by Crippen LogP contribution is -2.23. The quantitative estimate of drug-likeness (QED) is 0.196. The van der Waals surface area contributed by atoms with E-state index >= 15 is 0 Å². The van der Waals surface area contributed by atoms with Crippen LogP contribution < -0.4 is 4.90 Å². The molecule has 0 amide bonds. The van der Waals surface area contributed by atoms with Gasteiger partial charge in [-0.2, -0.15) is 0 Å². The van der Waals surface area contributed by atoms with Crippen molar-refractivity contribution in [2.75, 3.05) is 4.90 Å². The minimum atomic E-state index is -0.0153. The number of hydrogen-bond donors (Lipinski definition) is 0. The van der Waals surface area contributed by atoms with Crippen LogP contribution in [0.1, 0.15) is 28.8 Å². The summed E-state index contributed by atoms with van der Waals surface area (Å²) in [6, 6.07) is 45.7. The van der Waals surface area contributed by atoms with Gasteiger partial charge in [-0.05, 0) is 53.1 Å². The van der Waals surface area contributed by atoms with Crippen molar-refractivity contribution in [3.05, 3.63) is 150 Å². The molecule has 1 aliphatic carbocycles. The van der Waals surface area contributed by atoms with E-state index in [1.165, 1.54) is 48.1 Å². The third kappa shape index (κ3) is 3.21. The predicted octanol–water partition coefficient (Wildman–Crippen LogP) is 12.4. The van der Waals surface area contributed by atoms with Crippen molar-refractivity contribution in [1.82, 2.24) is 0 Å². The second kappa shape index (κ2) is 9.00. The first-order valence-corrected chi connectivity index (χ1v) is 16.6. The molecule has 11 rings (SSSR count). The van der Waals surface area contributed by atoms with Crippen LogP contribution in [0.5, 0.6) is 0 Å². The molecule has 6 aromatic carbocycles. The summed E-state index contributed by atoms with van der Waals surface area (Å²) in [6.07, 6.45) is 4.61. The minimum absolute atomic E-state index is 0.0153. The van der Waals surface area contributed by atoms with Crippen molar-refractivity contribution in [3.8, 4) is 11.1 Å². The van der Waals surface area contributed by atoms with E-state index in [0.717, 1.165) is 44.4 Å². The fraction of sp³-hybridized carbons (Fsp3) is 0.0476. The summed E-state index contributed by atoms with van der Waals surface area (Å²) < 4.78 is 16.1. The van der Waals surface area contributed by atoms with E-state index in [1.807, 2.05) is 17.4 Å². The Bertz CT molecular complexity index is 2740. The number of fused-ring (bicyclic) bond motifs is 13. The zero-order valence-electron chi connectivity index (χ0n) is 24.6. The summed E-state index contributed by atoms with van der Waals surface area (Å²) >= 11 is 1.86. The average molecular weight is 608 g/mol. The molecule has 0 radical (unpaired) electrons. The number of nitrogens with zero attached hydrogens (tertiary/aromatic N) is 1. The molecule has 0 spiro atoms. The lowest BCUT2D eigenvalue weighted by atomic mass is 9.86. The van der Waals surface area contributed by atoms with Crippen LogP contribution in [-0.2, 0) is 0 Å². The van der Waals surface area contributed by atoms with Gasteiger partial charge >= 0.3 is 0 Å². The number of furan rings is 2. The Morgan fingerprint density at radius 3 is 2.33 bits per heavy atom. The van der Waals surface area contributed by atoms with Crippen molar-refractivity contribution in [1.29, 1.82) is 0 Å². The van der Waals surface area contributed by atoms with Gasteiger partial charge in [0.1, 0.15) is 23.0 Å². The molecule has 216 valence electrons. The highest BCUT2D eigenvalue weighted by Gasteiger charge is 2.44. The summed E-state index contributed by atoms with van der Waals surface area (Å²) in [5, 5.41) is 6.06. The maximum Gasteiger partial charge on any atom is 0.159 e. The fourth-order valence-corrected chi connectivity index (χ4v) is 9.22. The van der Waals surface area contributed by atoms with Gasteiger partial charge in [-0.1, -0.05) is 103 Å². The molecule has 3 aromatic heterocycles. The molecule has 4 heterocycles. The van der Waals surface area contributed by atoms with Gasteiger partial charge in [0.15, 0.2) is 5.58 Å². The topological polar surface area (TPSA) is 29.5 Å². The number of benzene rings is 6. The normalized spacial score (nSPS) is 17.0. The zero-order valence-corrected chi connectivity index (χ0v) is 25.4. The van der Waals surface area contributed by atoms with E-state index in [9.17, 15) is 0 Å². The Labute approximate surface area is 268 Å². The Hall–Kier alpha value is -5.58. The van der Waals surface area contributed by atoms with Gasteiger partial charge < -0.3 is 13.7 Å². The Morgan fingerprint density at radius 1 is 0.587 bits per heavy atom. The molecule has 2 unspecified atom stereocenters. The minimum Gasteiger partial charge on any atom is -0.458 e. The second-order valence-corrected chi connectivity index (χ2v) is 13.5.